The quantitative estimate of drug-likeness (QED) is 0.775. The highest BCUT2D eigenvalue weighted by atomic mass is 79.9. The molecule has 0 radical (unpaired) electrons. The van der Waals surface area contributed by atoms with Crippen LogP contribution < -0.4 is 4.74 Å². The summed E-state index contributed by atoms with van der Waals surface area (Å²) in [4.78, 5) is 12.1. The summed E-state index contributed by atoms with van der Waals surface area (Å²) < 4.78 is 6.24. The summed E-state index contributed by atoms with van der Waals surface area (Å²) in [5.74, 6) is 0.654. The Hall–Kier alpha value is -1.46. The van der Waals surface area contributed by atoms with Gasteiger partial charge in [-0.05, 0) is 48.4 Å². The Bertz CT molecular complexity index is 671. The van der Waals surface area contributed by atoms with Crippen LogP contribution in [-0.4, -0.2) is 18.2 Å². The molecule has 0 saturated heterocycles. The van der Waals surface area contributed by atoms with Crippen LogP contribution in [0, 0.1) is 6.92 Å². The van der Waals surface area contributed by atoms with Gasteiger partial charge in [0.25, 0.3) is 0 Å². The van der Waals surface area contributed by atoms with Crippen LogP contribution in [0.25, 0.3) is 0 Å². The first kappa shape index (κ1) is 15.9. The lowest BCUT2D eigenvalue weighted by atomic mass is 10.1. The van der Waals surface area contributed by atoms with E-state index >= 15 is 0 Å². The van der Waals surface area contributed by atoms with Gasteiger partial charge in [-0.25, -0.2) is 4.79 Å². The van der Waals surface area contributed by atoms with Crippen LogP contribution in [-0.2, 0) is 5.75 Å². The van der Waals surface area contributed by atoms with E-state index in [9.17, 15) is 4.79 Å². The van der Waals surface area contributed by atoms with Crippen molar-refractivity contribution >= 4 is 33.7 Å². The van der Waals surface area contributed by atoms with Crippen molar-refractivity contribution in [2.24, 2.45) is 0 Å². The molecule has 21 heavy (non-hydrogen) atoms. The largest absolute Gasteiger partial charge is 0.497 e. The highest BCUT2D eigenvalue weighted by molar-refractivity contribution is 9.10. The monoisotopic (exact) mass is 366 g/mol. The molecule has 0 atom stereocenters. The highest BCUT2D eigenvalue weighted by Crippen LogP contribution is 2.30. The maximum Gasteiger partial charge on any atom is 0.335 e. The van der Waals surface area contributed by atoms with Crippen molar-refractivity contribution in [3.8, 4) is 5.75 Å². The third-order valence-electron chi connectivity index (χ3n) is 3.09. The maximum absolute atomic E-state index is 11.2. The van der Waals surface area contributed by atoms with E-state index in [2.05, 4.69) is 15.9 Å². The number of hydrogen-bond donors (Lipinski definition) is 1. The molecule has 0 amide bonds. The highest BCUT2D eigenvalue weighted by Gasteiger charge is 2.09. The van der Waals surface area contributed by atoms with Crippen molar-refractivity contribution < 1.29 is 14.6 Å². The molecule has 0 bridgehead atoms. The predicted molar refractivity (Wildman–Crippen MR) is 88.4 cm³/mol. The van der Waals surface area contributed by atoms with Gasteiger partial charge in [-0.15, -0.1) is 11.8 Å². The molecular formula is C16H15BrO3S. The molecule has 0 spiro atoms. The summed E-state index contributed by atoms with van der Waals surface area (Å²) in [6.07, 6.45) is 0. The number of halogens is 1. The van der Waals surface area contributed by atoms with Crippen molar-refractivity contribution in [3.05, 3.63) is 57.6 Å². The van der Waals surface area contributed by atoms with Gasteiger partial charge in [0.05, 0.1) is 12.7 Å². The van der Waals surface area contributed by atoms with E-state index in [0.717, 1.165) is 32.0 Å². The minimum absolute atomic E-state index is 0.352. The minimum atomic E-state index is -0.891. The summed E-state index contributed by atoms with van der Waals surface area (Å²) in [5, 5.41) is 9.15. The van der Waals surface area contributed by atoms with Crippen LogP contribution in [0.1, 0.15) is 21.5 Å². The summed E-state index contributed by atoms with van der Waals surface area (Å²) in [7, 11) is 1.64. The number of thioether (sulfide) groups is 1. The standard InChI is InChI=1S/C16H15BrO3S/c1-10-3-5-13(8-14(10)16(18)19)21-9-11-7-12(20-2)4-6-15(11)17/h3-8H,9H2,1-2H3,(H,18,19). The van der Waals surface area contributed by atoms with Gasteiger partial charge in [-0.2, -0.15) is 0 Å². The molecule has 110 valence electrons. The number of carboxylic acid groups (broad SMARTS) is 1. The van der Waals surface area contributed by atoms with E-state index in [1.54, 1.807) is 31.9 Å². The smallest absolute Gasteiger partial charge is 0.335 e. The molecule has 2 aromatic rings. The molecule has 2 rings (SSSR count). The number of benzene rings is 2. The first-order valence-electron chi connectivity index (χ1n) is 6.30. The first-order valence-corrected chi connectivity index (χ1v) is 8.08. The molecule has 0 unspecified atom stereocenters. The van der Waals surface area contributed by atoms with Gasteiger partial charge in [0, 0.05) is 15.1 Å². The fourth-order valence-electron chi connectivity index (χ4n) is 1.87. The van der Waals surface area contributed by atoms with E-state index in [1.807, 2.05) is 30.3 Å². The predicted octanol–water partition coefficient (Wildman–Crippen LogP) is 4.76. The van der Waals surface area contributed by atoms with Gasteiger partial charge in [0.2, 0.25) is 0 Å². The molecule has 1 N–H and O–H groups in total. The Kier molecular flexibility index (Phi) is 5.31. The number of rotatable bonds is 5. The van der Waals surface area contributed by atoms with Gasteiger partial charge >= 0.3 is 5.97 Å². The van der Waals surface area contributed by atoms with Crippen molar-refractivity contribution in [3.63, 3.8) is 0 Å². The molecule has 0 aromatic heterocycles. The average Bonchev–Trinajstić information content (AvgIpc) is 2.47. The van der Waals surface area contributed by atoms with Crippen LogP contribution >= 0.6 is 27.7 Å². The van der Waals surface area contributed by atoms with Crippen LogP contribution in [0.15, 0.2) is 45.8 Å². The van der Waals surface area contributed by atoms with Gasteiger partial charge in [0.15, 0.2) is 0 Å². The Morgan fingerprint density at radius 3 is 2.71 bits per heavy atom. The minimum Gasteiger partial charge on any atom is -0.497 e. The fourth-order valence-corrected chi connectivity index (χ4v) is 3.37. The fraction of sp³-hybridized carbons (Fsp3) is 0.188. The van der Waals surface area contributed by atoms with E-state index in [1.165, 1.54) is 0 Å². The lowest BCUT2D eigenvalue weighted by Crippen LogP contribution is -1.99. The third-order valence-corrected chi connectivity index (χ3v) is 4.90. The van der Waals surface area contributed by atoms with Crippen molar-refractivity contribution in [2.45, 2.75) is 17.6 Å². The normalized spacial score (nSPS) is 10.4. The third kappa shape index (κ3) is 4.02. The van der Waals surface area contributed by atoms with Gasteiger partial charge in [-0.1, -0.05) is 22.0 Å². The molecule has 0 fully saturated rings. The molecule has 0 saturated carbocycles. The Labute approximate surface area is 136 Å². The average molecular weight is 367 g/mol. The van der Waals surface area contributed by atoms with Crippen molar-refractivity contribution in [1.82, 2.24) is 0 Å². The molecular weight excluding hydrogens is 352 g/mol. The van der Waals surface area contributed by atoms with Crippen LogP contribution in [0.5, 0.6) is 5.75 Å². The second-order valence-corrected chi connectivity index (χ2v) is 6.43. The van der Waals surface area contributed by atoms with Gasteiger partial charge < -0.3 is 9.84 Å². The van der Waals surface area contributed by atoms with E-state index in [0.29, 0.717) is 5.56 Å². The zero-order valence-corrected chi connectivity index (χ0v) is 14.1. The van der Waals surface area contributed by atoms with Crippen LogP contribution in [0.4, 0.5) is 0 Å². The zero-order valence-electron chi connectivity index (χ0n) is 11.7. The van der Waals surface area contributed by atoms with E-state index in [4.69, 9.17) is 9.84 Å². The van der Waals surface area contributed by atoms with Gasteiger partial charge in [-0.3, -0.25) is 0 Å². The number of carbonyl (C=O) groups is 1. The Balaban J connectivity index is 2.16. The molecule has 0 aliphatic rings. The SMILES string of the molecule is COc1ccc(Br)c(CSc2ccc(C)c(C(=O)O)c2)c1. The topological polar surface area (TPSA) is 46.5 Å². The Morgan fingerprint density at radius 1 is 1.29 bits per heavy atom. The van der Waals surface area contributed by atoms with Crippen molar-refractivity contribution in [1.29, 1.82) is 0 Å². The lowest BCUT2D eigenvalue weighted by molar-refractivity contribution is 0.0696. The summed E-state index contributed by atoms with van der Waals surface area (Å²) >= 11 is 5.12. The number of methoxy groups -OCH3 is 1. The second-order valence-electron chi connectivity index (χ2n) is 4.53. The number of aryl methyl sites for hydroxylation is 1. The molecule has 0 aliphatic heterocycles. The van der Waals surface area contributed by atoms with Crippen molar-refractivity contribution in [2.75, 3.05) is 7.11 Å². The number of aromatic carboxylic acids is 1. The molecule has 5 heteroatoms. The Morgan fingerprint density at radius 2 is 2.05 bits per heavy atom. The summed E-state index contributed by atoms with van der Waals surface area (Å²) in [6, 6.07) is 11.3. The number of hydrogen-bond acceptors (Lipinski definition) is 3. The molecule has 0 heterocycles. The molecule has 3 nitrogen and oxygen atoms in total. The van der Waals surface area contributed by atoms with Crippen LogP contribution in [0.2, 0.25) is 0 Å². The van der Waals surface area contributed by atoms with E-state index in [-0.39, 0.29) is 0 Å². The van der Waals surface area contributed by atoms with Crippen LogP contribution in [0.3, 0.4) is 0 Å². The lowest BCUT2D eigenvalue weighted by Gasteiger charge is -2.08. The second kappa shape index (κ2) is 7.00. The summed E-state index contributed by atoms with van der Waals surface area (Å²) in [5.41, 5.74) is 2.23. The van der Waals surface area contributed by atoms with E-state index < -0.39 is 5.97 Å². The number of carboxylic acids is 1. The number of ether oxygens (including phenoxy) is 1. The molecule has 0 aliphatic carbocycles. The summed E-state index contributed by atoms with van der Waals surface area (Å²) in [6.45, 7) is 1.80. The molecule has 2 aromatic carbocycles. The first-order chi connectivity index (χ1) is 10.0. The maximum atomic E-state index is 11.2. The van der Waals surface area contributed by atoms with Gasteiger partial charge in [0.1, 0.15) is 5.75 Å². The zero-order chi connectivity index (χ0) is 15.4.